The Bertz CT molecular complexity index is 409. The summed E-state index contributed by atoms with van der Waals surface area (Å²) in [6.45, 7) is 6.74. The van der Waals surface area contributed by atoms with Crippen LogP contribution < -0.4 is 0 Å². The third-order valence-electron chi connectivity index (χ3n) is 4.89. The van der Waals surface area contributed by atoms with Gasteiger partial charge in [-0.1, -0.05) is 6.07 Å². The van der Waals surface area contributed by atoms with Crippen molar-refractivity contribution in [1.29, 1.82) is 0 Å². The van der Waals surface area contributed by atoms with Gasteiger partial charge in [0.2, 0.25) is 0 Å². The van der Waals surface area contributed by atoms with Crippen molar-refractivity contribution >= 4 is 0 Å². The summed E-state index contributed by atoms with van der Waals surface area (Å²) in [5.41, 5.74) is 1.30. The van der Waals surface area contributed by atoms with Gasteiger partial charge in [0.25, 0.3) is 0 Å². The zero-order chi connectivity index (χ0) is 14.5. The van der Waals surface area contributed by atoms with Gasteiger partial charge in [-0.3, -0.25) is 9.88 Å². The predicted octanol–water partition coefficient (Wildman–Crippen LogP) is 2.73. The lowest BCUT2D eigenvalue weighted by Gasteiger charge is -2.37. The molecule has 3 nitrogen and oxygen atoms in total. The van der Waals surface area contributed by atoms with E-state index in [1.54, 1.807) is 0 Å². The van der Waals surface area contributed by atoms with E-state index in [9.17, 15) is 4.39 Å². The second kappa shape index (κ2) is 7.32. The van der Waals surface area contributed by atoms with Gasteiger partial charge < -0.3 is 4.90 Å². The van der Waals surface area contributed by atoms with Gasteiger partial charge in [-0.25, -0.2) is 4.39 Å². The molecule has 21 heavy (non-hydrogen) atoms. The molecule has 0 unspecified atom stereocenters. The van der Waals surface area contributed by atoms with Crippen molar-refractivity contribution < 1.29 is 4.39 Å². The fourth-order valence-corrected chi connectivity index (χ4v) is 3.55. The van der Waals surface area contributed by atoms with E-state index >= 15 is 0 Å². The van der Waals surface area contributed by atoms with Crippen molar-refractivity contribution in [2.75, 3.05) is 32.7 Å². The van der Waals surface area contributed by atoms with Crippen LogP contribution in [-0.4, -0.2) is 53.7 Å². The van der Waals surface area contributed by atoms with E-state index < -0.39 is 6.17 Å². The van der Waals surface area contributed by atoms with Crippen LogP contribution in [0, 0.1) is 5.92 Å². The average Bonchev–Trinajstić information content (AvgIpc) is 2.53. The number of piperazine rings is 1. The Labute approximate surface area is 127 Å². The van der Waals surface area contributed by atoms with Gasteiger partial charge in [0, 0.05) is 51.7 Å². The maximum atomic E-state index is 13.2. The highest BCUT2D eigenvalue weighted by atomic mass is 19.1. The van der Waals surface area contributed by atoms with Crippen LogP contribution in [0.4, 0.5) is 4.39 Å². The van der Waals surface area contributed by atoms with Crippen LogP contribution in [0.15, 0.2) is 24.5 Å². The van der Waals surface area contributed by atoms with E-state index in [0.717, 1.165) is 64.3 Å². The maximum Gasteiger partial charge on any atom is 0.100 e. The minimum Gasteiger partial charge on any atom is -0.301 e. The number of hydrogen-bond acceptors (Lipinski definition) is 3. The summed E-state index contributed by atoms with van der Waals surface area (Å²) >= 11 is 0. The standard InChI is InChI=1S/C17H26FN3/c18-17-5-3-15(4-6-17)13-20-8-10-21(11-9-20)14-16-2-1-7-19-12-16/h1-2,7,12,15,17H,3-6,8-11,13-14H2. The summed E-state index contributed by atoms with van der Waals surface area (Å²) in [5.74, 6) is 0.724. The van der Waals surface area contributed by atoms with Crippen LogP contribution in [0.1, 0.15) is 31.2 Å². The van der Waals surface area contributed by atoms with Gasteiger partial charge in [-0.15, -0.1) is 0 Å². The fourth-order valence-electron chi connectivity index (χ4n) is 3.55. The molecule has 3 rings (SSSR count). The second-order valence-electron chi connectivity index (χ2n) is 6.56. The molecule has 1 saturated heterocycles. The first kappa shape index (κ1) is 14.9. The average molecular weight is 291 g/mol. The third kappa shape index (κ3) is 4.48. The van der Waals surface area contributed by atoms with Crippen molar-refractivity contribution in [2.24, 2.45) is 5.92 Å². The minimum atomic E-state index is -0.530. The van der Waals surface area contributed by atoms with Crippen molar-refractivity contribution in [2.45, 2.75) is 38.4 Å². The zero-order valence-electron chi connectivity index (χ0n) is 12.8. The first-order valence-electron chi connectivity index (χ1n) is 8.27. The molecular weight excluding hydrogens is 265 g/mol. The molecule has 0 atom stereocenters. The Balaban J connectivity index is 1.39. The molecule has 1 aromatic rings. The topological polar surface area (TPSA) is 19.4 Å². The first-order valence-corrected chi connectivity index (χ1v) is 8.27. The van der Waals surface area contributed by atoms with Gasteiger partial charge in [-0.2, -0.15) is 0 Å². The van der Waals surface area contributed by atoms with E-state index in [4.69, 9.17) is 0 Å². The van der Waals surface area contributed by atoms with Gasteiger partial charge in [0.05, 0.1) is 0 Å². The number of hydrogen-bond donors (Lipinski definition) is 0. The SMILES string of the molecule is FC1CCC(CN2CCN(Cc3cccnc3)CC2)CC1. The molecule has 1 aliphatic carbocycles. The number of nitrogens with zero attached hydrogens (tertiary/aromatic N) is 3. The molecule has 0 bridgehead atoms. The molecule has 0 aromatic carbocycles. The molecule has 2 fully saturated rings. The summed E-state index contributed by atoms with van der Waals surface area (Å²) in [6, 6.07) is 4.15. The van der Waals surface area contributed by atoms with E-state index in [0.29, 0.717) is 0 Å². The van der Waals surface area contributed by atoms with Crippen LogP contribution in [0.25, 0.3) is 0 Å². The maximum absolute atomic E-state index is 13.2. The van der Waals surface area contributed by atoms with Gasteiger partial charge in [0.1, 0.15) is 6.17 Å². The van der Waals surface area contributed by atoms with E-state index in [-0.39, 0.29) is 0 Å². The Hall–Kier alpha value is -1.00. The van der Waals surface area contributed by atoms with Crippen LogP contribution >= 0.6 is 0 Å². The minimum absolute atomic E-state index is 0.530. The monoisotopic (exact) mass is 291 g/mol. The van der Waals surface area contributed by atoms with Crippen LogP contribution in [0.5, 0.6) is 0 Å². The van der Waals surface area contributed by atoms with Gasteiger partial charge >= 0.3 is 0 Å². The van der Waals surface area contributed by atoms with Crippen LogP contribution in [0.2, 0.25) is 0 Å². The molecule has 4 heteroatoms. The number of halogens is 1. The molecule has 1 aliphatic heterocycles. The highest BCUT2D eigenvalue weighted by Crippen LogP contribution is 2.27. The molecule has 1 saturated carbocycles. The highest BCUT2D eigenvalue weighted by Gasteiger charge is 2.24. The summed E-state index contributed by atoms with van der Waals surface area (Å²) in [7, 11) is 0. The summed E-state index contributed by atoms with van der Waals surface area (Å²) in [4.78, 5) is 9.26. The predicted molar refractivity (Wildman–Crippen MR) is 82.8 cm³/mol. The number of alkyl halides is 1. The molecule has 2 aliphatic rings. The first-order chi connectivity index (χ1) is 10.3. The van der Waals surface area contributed by atoms with Crippen molar-refractivity contribution in [3.05, 3.63) is 30.1 Å². The van der Waals surface area contributed by atoms with Gasteiger partial charge in [0.15, 0.2) is 0 Å². The Kier molecular flexibility index (Phi) is 5.20. The zero-order valence-corrected chi connectivity index (χ0v) is 12.8. The van der Waals surface area contributed by atoms with Crippen LogP contribution in [-0.2, 0) is 6.54 Å². The molecule has 116 valence electrons. The Morgan fingerprint density at radius 1 is 1.05 bits per heavy atom. The second-order valence-corrected chi connectivity index (χ2v) is 6.56. The molecule has 1 aromatic heterocycles. The van der Waals surface area contributed by atoms with E-state index in [1.165, 1.54) is 12.1 Å². The largest absolute Gasteiger partial charge is 0.301 e. The van der Waals surface area contributed by atoms with E-state index in [2.05, 4.69) is 20.9 Å². The summed E-state index contributed by atoms with van der Waals surface area (Å²) < 4.78 is 13.2. The van der Waals surface area contributed by atoms with Crippen LogP contribution in [0.3, 0.4) is 0 Å². The van der Waals surface area contributed by atoms with Crippen molar-refractivity contribution in [1.82, 2.24) is 14.8 Å². The lowest BCUT2D eigenvalue weighted by molar-refractivity contribution is 0.0963. The van der Waals surface area contributed by atoms with Crippen molar-refractivity contribution in [3.8, 4) is 0 Å². The number of aromatic nitrogens is 1. The molecule has 0 spiro atoms. The van der Waals surface area contributed by atoms with E-state index in [1.807, 2.05) is 18.5 Å². The number of pyridine rings is 1. The number of rotatable bonds is 4. The third-order valence-corrected chi connectivity index (χ3v) is 4.89. The Morgan fingerprint density at radius 2 is 1.76 bits per heavy atom. The molecule has 0 N–H and O–H groups in total. The molecule has 0 radical (unpaired) electrons. The smallest absolute Gasteiger partial charge is 0.100 e. The summed E-state index contributed by atoms with van der Waals surface area (Å²) in [6.07, 6.45) is 6.98. The van der Waals surface area contributed by atoms with Gasteiger partial charge in [-0.05, 0) is 43.2 Å². The summed E-state index contributed by atoms with van der Waals surface area (Å²) in [5, 5.41) is 0. The molecule has 0 amide bonds. The highest BCUT2D eigenvalue weighted by molar-refractivity contribution is 5.08. The molecular formula is C17H26FN3. The normalized spacial score (nSPS) is 28.6. The fraction of sp³-hybridized carbons (Fsp3) is 0.706. The lowest BCUT2D eigenvalue weighted by atomic mass is 9.87. The molecule has 2 heterocycles. The Morgan fingerprint density at radius 3 is 2.43 bits per heavy atom. The quantitative estimate of drug-likeness (QED) is 0.850. The lowest BCUT2D eigenvalue weighted by Crippen LogP contribution is -2.47. The van der Waals surface area contributed by atoms with Crippen molar-refractivity contribution in [3.63, 3.8) is 0 Å².